The Bertz CT molecular complexity index is 445. The Hall–Kier alpha value is -0.790. The molecule has 0 aliphatic heterocycles. The van der Waals surface area contributed by atoms with Crippen LogP contribution >= 0.6 is 0 Å². The van der Waals surface area contributed by atoms with Crippen molar-refractivity contribution in [2.24, 2.45) is 0 Å². The molecule has 0 bridgehead atoms. The van der Waals surface area contributed by atoms with Crippen LogP contribution in [0.2, 0.25) is 0 Å². The number of aryl methyl sites for hydroxylation is 1. The standard InChI is InChI=1S/C24H47N2/c1-6-7-8-9-10-11-12-13-14-15-16-17-18-19-25-20-21-26(23(4)5)24(25)22(2)3/h20-23H,6-19H2,1-5H3/q+1. The van der Waals surface area contributed by atoms with Crippen LogP contribution in [0.3, 0.4) is 0 Å². The summed E-state index contributed by atoms with van der Waals surface area (Å²) in [6.45, 7) is 12.7. The van der Waals surface area contributed by atoms with Gasteiger partial charge in [0.25, 0.3) is 5.82 Å². The minimum atomic E-state index is 0.556. The molecule has 0 amide bonds. The van der Waals surface area contributed by atoms with Gasteiger partial charge in [-0.15, -0.1) is 0 Å². The van der Waals surface area contributed by atoms with Crippen molar-refractivity contribution in [1.29, 1.82) is 0 Å². The van der Waals surface area contributed by atoms with E-state index in [1.54, 1.807) is 0 Å². The highest BCUT2D eigenvalue weighted by molar-refractivity contribution is 4.91. The van der Waals surface area contributed by atoms with Crippen molar-refractivity contribution in [3.63, 3.8) is 0 Å². The summed E-state index contributed by atoms with van der Waals surface area (Å²) in [7, 11) is 0. The Morgan fingerprint density at radius 2 is 1.19 bits per heavy atom. The van der Waals surface area contributed by atoms with Crippen molar-refractivity contribution in [1.82, 2.24) is 4.57 Å². The second kappa shape index (κ2) is 14.3. The Balaban J connectivity index is 2.04. The van der Waals surface area contributed by atoms with E-state index in [0.717, 1.165) is 0 Å². The fourth-order valence-electron chi connectivity index (χ4n) is 4.01. The van der Waals surface area contributed by atoms with Crippen LogP contribution in [0.25, 0.3) is 0 Å². The summed E-state index contributed by atoms with van der Waals surface area (Å²) in [5.41, 5.74) is 0. The number of imidazole rings is 1. The van der Waals surface area contributed by atoms with Crippen molar-refractivity contribution in [3.8, 4) is 0 Å². The molecule has 1 rings (SSSR count). The summed E-state index contributed by atoms with van der Waals surface area (Å²) in [6, 6.07) is 0.556. The van der Waals surface area contributed by atoms with E-state index in [1.807, 2.05) is 0 Å². The van der Waals surface area contributed by atoms with Gasteiger partial charge in [0.05, 0.1) is 18.5 Å². The van der Waals surface area contributed by atoms with Crippen LogP contribution in [0.4, 0.5) is 0 Å². The zero-order valence-electron chi connectivity index (χ0n) is 18.6. The Labute approximate surface area is 164 Å². The topological polar surface area (TPSA) is 8.81 Å². The van der Waals surface area contributed by atoms with Gasteiger partial charge < -0.3 is 0 Å². The minimum absolute atomic E-state index is 0.556. The number of rotatable bonds is 16. The second-order valence-electron chi connectivity index (χ2n) is 8.75. The fraction of sp³-hybridized carbons (Fsp3) is 0.875. The molecule has 0 spiro atoms. The highest BCUT2D eigenvalue weighted by atomic mass is 15.2. The van der Waals surface area contributed by atoms with E-state index in [4.69, 9.17) is 0 Å². The number of hydrogen-bond donors (Lipinski definition) is 0. The zero-order chi connectivity index (χ0) is 19.2. The van der Waals surface area contributed by atoms with Crippen molar-refractivity contribution in [3.05, 3.63) is 18.2 Å². The van der Waals surface area contributed by atoms with Gasteiger partial charge in [-0.05, 0) is 26.7 Å². The fourth-order valence-corrected chi connectivity index (χ4v) is 4.01. The first kappa shape index (κ1) is 23.2. The summed E-state index contributed by atoms with van der Waals surface area (Å²) in [6.07, 6.45) is 23.1. The van der Waals surface area contributed by atoms with Crippen LogP contribution in [0.15, 0.2) is 12.4 Å². The third kappa shape index (κ3) is 9.24. The van der Waals surface area contributed by atoms with Gasteiger partial charge in [0.1, 0.15) is 12.4 Å². The van der Waals surface area contributed by atoms with Crippen molar-refractivity contribution < 1.29 is 4.57 Å². The molecule has 0 aromatic carbocycles. The van der Waals surface area contributed by atoms with Gasteiger partial charge >= 0.3 is 0 Å². The molecule has 2 nitrogen and oxygen atoms in total. The van der Waals surface area contributed by atoms with Crippen LogP contribution in [-0.2, 0) is 6.54 Å². The predicted octanol–water partition coefficient (Wildman–Crippen LogP) is 7.57. The van der Waals surface area contributed by atoms with E-state index in [1.165, 1.54) is 95.8 Å². The first-order valence-corrected chi connectivity index (χ1v) is 11.7. The van der Waals surface area contributed by atoms with E-state index in [-0.39, 0.29) is 0 Å². The van der Waals surface area contributed by atoms with Crippen LogP contribution in [0.1, 0.15) is 136 Å². The van der Waals surface area contributed by atoms with E-state index < -0.39 is 0 Å². The molecule has 1 aromatic rings. The molecule has 152 valence electrons. The normalized spacial score (nSPS) is 11.8. The molecular formula is C24H47N2+. The van der Waals surface area contributed by atoms with E-state index in [9.17, 15) is 0 Å². The van der Waals surface area contributed by atoms with Gasteiger partial charge in [-0.1, -0.05) is 91.4 Å². The SMILES string of the molecule is CCCCCCCCCCCCCCC[n+]1ccn(C(C)C)c1C(C)C. The van der Waals surface area contributed by atoms with Crippen LogP contribution in [-0.4, -0.2) is 4.57 Å². The largest absolute Gasteiger partial charge is 0.259 e. The summed E-state index contributed by atoms with van der Waals surface area (Å²) < 4.78 is 4.93. The van der Waals surface area contributed by atoms with E-state index >= 15 is 0 Å². The summed E-state index contributed by atoms with van der Waals surface area (Å²) in [4.78, 5) is 0. The maximum atomic E-state index is 2.49. The van der Waals surface area contributed by atoms with Gasteiger partial charge in [0.2, 0.25) is 0 Å². The average Bonchev–Trinajstić information content (AvgIpc) is 3.03. The summed E-state index contributed by atoms with van der Waals surface area (Å²) in [5.74, 6) is 2.08. The molecule has 2 heteroatoms. The van der Waals surface area contributed by atoms with Gasteiger partial charge in [-0.25, -0.2) is 9.13 Å². The highest BCUT2D eigenvalue weighted by Gasteiger charge is 2.21. The molecule has 0 fully saturated rings. The minimum Gasteiger partial charge on any atom is -0.234 e. The lowest BCUT2D eigenvalue weighted by molar-refractivity contribution is -0.705. The molecule has 0 saturated heterocycles. The Morgan fingerprint density at radius 3 is 1.62 bits per heavy atom. The van der Waals surface area contributed by atoms with E-state index in [2.05, 4.69) is 56.1 Å². The molecule has 0 N–H and O–H groups in total. The Morgan fingerprint density at radius 1 is 0.731 bits per heavy atom. The average molecular weight is 364 g/mol. The molecular weight excluding hydrogens is 316 g/mol. The number of nitrogens with zero attached hydrogens (tertiary/aromatic N) is 2. The van der Waals surface area contributed by atoms with Gasteiger partial charge in [0, 0.05) is 0 Å². The highest BCUT2D eigenvalue weighted by Crippen LogP contribution is 2.16. The van der Waals surface area contributed by atoms with Crippen LogP contribution < -0.4 is 4.57 Å². The maximum absolute atomic E-state index is 2.49. The first-order valence-electron chi connectivity index (χ1n) is 11.7. The maximum Gasteiger partial charge on any atom is 0.259 e. The molecule has 1 heterocycles. The molecule has 0 aliphatic carbocycles. The molecule has 0 radical (unpaired) electrons. The third-order valence-corrected chi connectivity index (χ3v) is 5.54. The number of hydrogen-bond acceptors (Lipinski definition) is 0. The molecule has 0 atom stereocenters. The molecule has 1 aromatic heterocycles. The predicted molar refractivity (Wildman–Crippen MR) is 115 cm³/mol. The lowest BCUT2D eigenvalue weighted by Crippen LogP contribution is -2.38. The lowest BCUT2D eigenvalue weighted by atomic mass is 10.0. The van der Waals surface area contributed by atoms with Crippen molar-refractivity contribution >= 4 is 0 Å². The zero-order valence-corrected chi connectivity index (χ0v) is 18.6. The number of aromatic nitrogens is 2. The summed E-state index contributed by atoms with van der Waals surface area (Å²) >= 11 is 0. The molecule has 0 aliphatic rings. The molecule has 0 unspecified atom stereocenters. The van der Waals surface area contributed by atoms with Crippen LogP contribution in [0, 0.1) is 0 Å². The lowest BCUT2D eigenvalue weighted by Gasteiger charge is -2.10. The van der Waals surface area contributed by atoms with Gasteiger partial charge in [-0.2, -0.15) is 0 Å². The van der Waals surface area contributed by atoms with Gasteiger partial charge in [0.15, 0.2) is 0 Å². The summed E-state index contributed by atoms with van der Waals surface area (Å²) in [5, 5.41) is 0. The van der Waals surface area contributed by atoms with E-state index in [0.29, 0.717) is 12.0 Å². The second-order valence-corrected chi connectivity index (χ2v) is 8.75. The van der Waals surface area contributed by atoms with Gasteiger partial charge in [-0.3, -0.25) is 0 Å². The monoisotopic (exact) mass is 363 g/mol. The van der Waals surface area contributed by atoms with Crippen LogP contribution in [0.5, 0.6) is 0 Å². The first-order chi connectivity index (χ1) is 12.6. The number of unbranched alkanes of at least 4 members (excludes halogenated alkanes) is 12. The molecule has 0 saturated carbocycles. The Kier molecular flexibility index (Phi) is 12.8. The molecule has 26 heavy (non-hydrogen) atoms. The smallest absolute Gasteiger partial charge is 0.234 e. The quantitative estimate of drug-likeness (QED) is 0.211. The van der Waals surface area contributed by atoms with Crippen molar-refractivity contribution in [2.45, 2.75) is 137 Å². The third-order valence-electron chi connectivity index (χ3n) is 5.54. The van der Waals surface area contributed by atoms with Crippen molar-refractivity contribution in [2.75, 3.05) is 0 Å².